The number of nitrogens with zero attached hydrogens (tertiary/aromatic N) is 1. The van der Waals surface area contributed by atoms with Crippen LogP contribution < -0.4 is 0 Å². The molecule has 0 aliphatic carbocycles. The van der Waals surface area contributed by atoms with Crippen LogP contribution in [0.4, 0.5) is 0 Å². The number of rotatable bonds is 7. The number of fused-ring (bicyclic) bond motifs is 1. The lowest BCUT2D eigenvalue weighted by Crippen LogP contribution is -2.51. The Bertz CT molecular complexity index is 1280. The summed E-state index contributed by atoms with van der Waals surface area (Å²) in [5.41, 5.74) is 8.02. The summed E-state index contributed by atoms with van der Waals surface area (Å²) in [4.78, 5) is 0. The molecule has 174 valence electrons. The summed E-state index contributed by atoms with van der Waals surface area (Å²) in [6.45, 7) is 14.5. The second-order valence-corrected chi connectivity index (χ2v) is 16.1. The number of benzene rings is 3. The third kappa shape index (κ3) is 3.83. The average molecular weight is 464 g/mol. The van der Waals surface area contributed by atoms with Gasteiger partial charge in [0.05, 0.1) is 5.92 Å². The largest absolute Gasteiger partial charge is 0.373 e. The Labute approximate surface area is 206 Å². The molecule has 0 saturated heterocycles. The van der Waals surface area contributed by atoms with Crippen LogP contribution in [0.25, 0.3) is 22.0 Å². The zero-order valence-electron chi connectivity index (χ0n) is 21.4. The molecule has 0 N–H and O–H groups in total. The van der Waals surface area contributed by atoms with Crippen molar-refractivity contribution in [2.45, 2.75) is 64.1 Å². The van der Waals surface area contributed by atoms with Gasteiger partial charge in [-0.15, -0.1) is 6.42 Å². The third-order valence-electron chi connectivity index (χ3n) is 7.77. The maximum atomic E-state index is 6.32. The fourth-order valence-electron chi connectivity index (χ4n) is 6.57. The Morgan fingerprint density at radius 3 is 1.85 bits per heavy atom. The summed E-state index contributed by atoms with van der Waals surface area (Å²) in [5.74, 6) is 3.08. The van der Waals surface area contributed by atoms with Crippen LogP contribution in [-0.4, -0.2) is 12.5 Å². The number of para-hydroxylation sites is 1. The van der Waals surface area contributed by atoms with Crippen molar-refractivity contribution in [3.05, 3.63) is 96.2 Å². The van der Waals surface area contributed by atoms with Gasteiger partial charge in [0.25, 0.3) is 0 Å². The van der Waals surface area contributed by atoms with Gasteiger partial charge in [-0.2, -0.15) is 0 Å². The van der Waals surface area contributed by atoms with Crippen molar-refractivity contribution in [3.8, 4) is 23.5 Å². The summed E-state index contributed by atoms with van der Waals surface area (Å²) in [6.07, 6.45) is 8.76. The van der Waals surface area contributed by atoms with E-state index in [-0.39, 0.29) is 5.92 Å². The van der Waals surface area contributed by atoms with Gasteiger partial charge >= 0.3 is 0 Å². The summed E-state index contributed by atoms with van der Waals surface area (Å²) in [6, 6.07) is 28.1. The Kier molecular flexibility index (Phi) is 6.87. The van der Waals surface area contributed by atoms with Gasteiger partial charge in [0, 0.05) is 17.1 Å². The van der Waals surface area contributed by atoms with E-state index in [0.29, 0.717) is 16.6 Å². The summed E-state index contributed by atoms with van der Waals surface area (Å²) < 4.78 is 2.70. The smallest absolute Gasteiger partial charge is 0.169 e. The molecule has 4 rings (SSSR count). The monoisotopic (exact) mass is 463 g/mol. The van der Waals surface area contributed by atoms with E-state index in [9.17, 15) is 0 Å². The van der Waals surface area contributed by atoms with Crippen molar-refractivity contribution < 1.29 is 0 Å². The molecule has 0 aliphatic heterocycles. The Morgan fingerprint density at radius 1 is 0.676 bits per heavy atom. The molecule has 0 amide bonds. The predicted octanol–water partition coefficient (Wildman–Crippen LogP) is 9.10. The second kappa shape index (κ2) is 9.69. The molecule has 34 heavy (non-hydrogen) atoms. The number of terminal acetylenes is 1. The highest BCUT2D eigenvalue weighted by atomic mass is 28.3. The highest BCUT2D eigenvalue weighted by Gasteiger charge is 2.46. The van der Waals surface area contributed by atoms with E-state index in [2.05, 4.69) is 137 Å². The molecule has 1 heterocycles. The van der Waals surface area contributed by atoms with Gasteiger partial charge in [0.15, 0.2) is 8.24 Å². The first-order valence-corrected chi connectivity index (χ1v) is 14.7. The predicted molar refractivity (Wildman–Crippen MR) is 151 cm³/mol. The van der Waals surface area contributed by atoms with Crippen molar-refractivity contribution in [1.29, 1.82) is 0 Å². The van der Waals surface area contributed by atoms with Crippen LogP contribution in [0.3, 0.4) is 0 Å². The molecule has 2 heteroatoms. The number of hydrogen-bond acceptors (Lipinski definition) is 0. The molecule has 1 nitrogen and oxygen atoms in total. The minimum absolute atomic E-state index is 0.110. The van der Waals surface area contributed by atoms with E-state index in [4.69, 9.17) is 6.42 Å². The van der Waals surface area contributed by atoms with E-state index in [1.807, 2.05) is 0 Å². The van der Waals surface area contributed by atoms with Gasteiger partial charge in [-0.3, -0.25) is 0 Å². The molecule has 0 radical (unpaired) electrons. The van der Waals surface area contributed by atoms with Gasteiger partial charge in [0.1, 0.15) is 0 Å². The van der Waals surface area contributed by atoms with Crippen LogP contribution in [0.2, 0.25) is 16.6 Å². The van der Waals surface area contributed by atoms with E-state index < -0.39 is 8.24 Å². The van der Waals surface area contributed by atoms with Gasteiger partial charge < -0.3 is 4.23 Å². The van der Waals surface area contributed by atoms with Crippen molar-refractivity contribution in [3.63, 3.8) is 0 Å². The van der Waals surface area contributed by atoms with Gasteiger partial charge in [-0.05, 0) is 44.9 Å². The van der Waals surface area contributed by atoms with E-state index in [1.165, 1.54) is 33.2 Å². The average Bonchev–Trinajstić information content (AvgIpc) is 3.20. The number of aromatic nitrogens is 1. The molecule has 0 aliphatic rings. The maximum absolute atomic E-state index is 6.32. The zero-order chi connectivity index (χ0) is 24.5. The molecular formula is C32H37NSi. The molecule has 0 saturated carbocycles. The molecule has 3 aromatic carbocycles. The first kappa shape index (κ1) is 24.1. The minimum Gasteiger partial charge on any atom is -0.373 e. The van der Waals surface area contributed by atoms with E-state index in [1.54, 1.807) is 0 Å². The summed E-state index contributed by atoms with van der Waals surface area (Å²) in [5, 5.41) is 1.28. The van der Waals surface area contributed by atoms with Crippen molar-refractivity contribution in [2.24, 2.45) is 0 Å². The lowest BCUT2D eigenvalue weighted by atomic mass is 9.86. The van der Waals surface area contributed by atoms with Crippen LogP contribution in [0, 0.1) is 12.3 Å². The topological polar surface area (TPSA) is 4.93 Å². The van der Waals surface area contributed by atoms with Gasteiger partial charge in [0.2, 0.25) is 0 Å². The quantitative estimate of drug-likeness (QED) is 0.190. The fraction of sp³-hybridized carbons (Fsp3) is 0.312. The molecule has 0 fully saturated rings. The Balaban J connectivity index is 2.00. The first-order chi connectivity index (χ1) is 16.3. The number of hydrogen-bond donors (Lipinski definition) is 0. The summed E-state index contributed by atoms with van der Waals surface area (Å²) in [7, 11) is -1.94. The van der Waals surface area contributed by atoms with Crippen LogP contribution in [0.5, 0.6) is 0 Å². The SMILES string of the molecule is C#C[C@H](c1ccccc1-c1ccccc1)c1cn([Si](C(C)C)(C(C)C)C(C)C)c2ccccc12. The van der Waals surface area contributed by atoms with Crippen LogP contribution in [0.1, 0.15) is 58.6 Å². The minimum atomic E-state index is -1.94. The summed E-state index contributed by atoms with van der Waals surface area (Å²) >= 11 is 0. The van der Waals surface area contributed by atoms with Crippen molar-refractivity contribution in [1.82, 2.24) is 4.23 Å². The normalized spacial score (nSPS) is 13.1. The Hall–Kier alpha value is -3.02. The lowest BCUT2D eigenvalue weighted by molar-refractivity contribution is 0.771. The molecular weight excluding hydrogens is 426 g/mol. The molecule has 1 atom stereocenters. The molecule has 0 bridgehead atoms. The zero-order valence-corrected chi connectivity index (χ0v) is 22.4. The fourth-order valence-corrected chi connectivity index (χ4v) is 13.2. The van der Waals surface area contributed by atoms with E-state index in [0.717, 1.165) is 0 Å². The highest BCUT2D eigenvalue weighted by molar-refractivity contribution is 6.82. The maximum Gasteiger partial charge on any atom is 0.169 e. The second-order valence-electron chi connectivity index (χ2n) is 10.4. The third-order valence-corrected chi connectivity index (χ3v) is 14.5. The lowest BCUT2D eigenvalue weighted by Gasteiger charge is -2.44. The molecule has 0 unspecified atom stereocenters. The molecule has 0 spiro atoms. The van der Waals surface area contributed by atoms with Crippen LogP contribution in [0.15, 0.2) is 85.1 Å². The van der Waals surface area contributed by atoms with Gasteiger partial charge in [-0.25, -0.2) is 0 Å². The van der Waals surface area contributed by atoms with Crippen molar-refractivity contribution in [2.75, 3.05) is 0 Å². The van der Waals surface area contributed by atoms with Crippen molar-refractivity contribution >= 4 is 19.1 Å². The standard InChI is InChI=1S/C32H37NSi/c1-8-27(29-19-13-12-18-28(29)26-16-10-9-11-17-26)31-22-33(32-21-15-14-20-30(31)32)34(23(2)3,24(4)5)25(6)7/h1,9-25,27H,2-7H3/t27-/m1/s1. The van der Waals surface area contributed by atoms with Crippen LogP contribution in [-0.2, 0) is 0 Å². The molecule has 1 aromatic heterocycles. The van der Waals surface area contributed by atoms with Gasteiger partial charge in [-0.1, -0.05) is 120 Å². The Morgan fingerprint density at radius 2 is 1.24 bits per heavy atom. The first-order valence-electron chi connectivity index (χ1n) is 12.5. The molecule has 4 aromatic rings. The highest BCUT2D eigenvalue weighted by Crippen LogP contribution is 2.46. The van der Waals surface area contributed by atoms with E-state index >= 15 is 0 Å². The van der Waals surface area contributed by atoms with Crippen LogP contribution >= 0.6 is 0 Å².